The van der Waals surface area contributed by atoms with Crippen molar-refractivity contribution in [3.8, 4) is 0 Å². The Bertz CT molecular complexity index is 283. The van der Waals surface area contributed by atoms with Gasteiger partial charge >= 0.3 is 10.4 Å². The molecule has 94 valence electrons. The molecule has 0 aliphatic heterocycles. The van der Waals surface area contributed by atoms with Crippen molar-refractivity contribution in [3.63, 3.8) is 0 Å². The van der Waals surface area contributed by atoms with Crippen LogP contribution in [-0.2, 0) is 10.4 Å². The molecule has 0 saturated heterocycles. The Morgan fingerprint density at radius 3 is 1.50 bits per heavy atom. The maximum absolute atomic E-state index is 8.74. The summed E-state index contributed by atoms with van der Waals surface area (Å²) in [6, 6.07) is 1.83. The van der Waals surface area contributed by atoms with Crippen molar-refractivity contribution >= 4 is 10.4 Å². The molecule has 2 rings (SSSR count). The average Bonchev–Trinajstić information content (AvgIpc) is 2.75. The molecule has 1 aliphatic rings. The topological polar surface area (TPSA) is 103 Å². The summed E-state index contributed by atoms with van der Waals surface area (Å²) in [5, 5.41) is 6.21. The average molecular weight is 250 g/mol. The van der Waals surface area contributed by atoms with Gasteiger partial charge in [-0.3, -0.25) is 14.2 Å². The molecule has 0 unspecified atom stereocenters. The molecule has 0 atom stereocenters. The minimum atomic E-state index is -4.67. The van der Waals surface area contributed by atoms with E-state index >= 15 is 0 Å². The molecule has 1 saturated carbocycles. The number of hydrogen-bond donors (Lipinski definition) is 3. The zero-order valence-electron chi connectivity index (χ0n) is 9.04. The summed E-state index contributed by atoms with van der Waals surface area (Å²) in [4.78, 5) is 0. The van der Waals surface area contributed by atoms with E-state index < -0.39 is 10.4 Å². The Labute approximate surface area is 95.7 Å². The first kappa shape index (κ1) is 15.1. The highest BCUT2D eigenvalue weighted by atomic mass is 32.3. The molecule has 1 aliphatic carbocycles. The molecule has 0 radical (unpaired) electrons. The fraction of sp³-hybridized carbons (Fsp3) is 0.667. The van der Waals surface area contributed by atoms with Gasteiger partial charge in [0.2, 0.25) is 0 Å². The predicted molar refractivity (Wildman–Crippen MR) is 60.5 cm³/mol. The molecule has 1 fully saturated rings. The summed E-state index contributed by atoms with van der Waals surface area (Å²) in [5.74, 6) is 0. The van der Waals surface area contributed by atoms with E-state index in [9.17, 15) is 0 Å². The van der Waals surface area contributed by atoms with Gasteiger partial charge in [0.05, 0.1) is 0 Å². The number of hydrogen-bond acceptors (Lipinski definition) is 3. The Hall–Kier alpha value is -0.920. The van der Waals surface area contributed by atoms with Crippen LogP contribution in [0.5, 0.6) is 0 Å². The monoisotopic (exact) mass is 250 g/mol. The molecule has 0 amide bonds. The summed E-state index contributed by atoms with van der Waals surface area (Å²) in [6.07, 6.45) is 12.5. The second-order valence-electron chi connectivity index (χ2n) is 3.34. The highest BCUT2D eigenvalue weighted by Gasteiger charge is 1.95. The molecule has 16 heavy (non-hydrogen) atoms. The van der Waals surface area contributed by atoms with E-state index in [-0.39, 0.29) is 0 Å². The van der Waals surface area contributed by atoms with Crippen LogP contribution in [0.3, 0.4) is 0 Å². The van der Waals surface area contributed by atoms with Crippen LogP contribution in [0, 0.1) is 0 Å². The number of nitrogens with zero attached hydrogens (tertiary/aromatic N) is 1. The smallest absolute Gasteiger partial charge is 0.286 e. The molecule has 0 aromatic carbocycles. The Morgan fingerprint density at radius 1 is 1.00 bits per heavy atom. The fourth-order valence-corrected chi connectivity index (χ4v) is 1.28. The third-order valence-electron chi connectivity index (χ3n) is 1.91. The van der Waals surface area contributed by atoms with E-state index in [0.717, 1.165) is 0 Å². The van der Waals surface area contributed by atoms with Gasteiger partial charge in [0.1, 0.15) is 0 Å². The number of rotatable bonds is 0. The van der Waals surface area contributed by atoms with Crippen LogP contribution in [0.25, 0.3) is 0 Å². The lowest BCUT2D eigenvalue weighted by Gasteiger charge is -2.05. The standard InChI is InChI=1S/C6H12.C3H4N2.H2O4S/c1-2-4-6-5-3-1;1-2-4-5-3-1;1-5(2,3)4/h1-6H2;1-3H,(H,4,5);(H2,1,2,3,4). The maximum Gasteiger partial charge on any atom is 0.394 e. The van der Waals surface area contributed by atoms with Crippen LogP contribution in [-0.4, -0.2) is 27.7 Å². The van der Waals surface area contributed by atoms with Gasteiger partial charge < -0.3 is 0 Å². The number of aromatic nitrogens is 2. The number of aromatic amines is 1. The van der Waals surface area contributed by atoms with Crippen LogP contribution < -0.4 is 0 Å². The summed E-state index contributed by atoms with van der Waals surface area (Å²) in [7, 11) is -4.67. The van der Waals surface area contributed by atoms with E-state index in [1.807, 2.05) is 6.07 Å². The van der Waals surface area contributed by atoms with Gasteiger partial charge in [-0.1, -0.05) is 38.5 Å². The van der Waals surface area contributed by atoms with E-state index in [0.29, 0.717) is 0 Å². The first-order valence-corrected chi connectivity index (χ1v) is 6.53. The van der Waals surface area contributed by atoms with Gasteiger partial charge in [0, 0.05) is 12.4 Å². The van der Waals surface area contributed by atoms with E-state index in [2.05, 4.69) is 10.2 Å². The lowest BCUT2D eigenvalue weighted by molar-refractivity contribution is 0.381. The van der Waals surface area contributed by atoms with E-state index in [1.54, 1.807) is 12.4 Å². The SMILES string of the molecule is C1CCCCC1.O=S(=O)(O)O.c1cn[nH]c1. The van der Waals surface area contributed by atoms with Gasteiger partial charge in [0.15, 0.2) is 0 Å². The van der Waals surface area contributed by atoms with Gasteiger partial charge in [-0.15, -0.1) is 0 Å². The van der Waals surface area contributed by atoms with Crippen molar-refractivity contribution in [1.29, 1.82) is 0 Å². The molecule has 1 heterocycles. The quantitative estimate of drug-likeness (QED) is 0.612. The largest absolute Gasteiger partial charge is 0.394 e. The molecular formula is C9H18N2O4S. The number of H-pyrrole nitrogens is 1. The Morgan fingerprint density at radius 2 is 1.38 bits per heavy atom. The van der Waals surface area contributed by atoms with Crippen molar-refractivity contribution in [3.05, 3.63) is 18.5 Å². The van der Waals surface area contributed by atoms with Crippen molar-refractivity contribution in [1.82, 2.24) is 10.2 Å². The number of nitrogens with one attached hydrogen (secondary N) is 1. The van der Waals surface area contributed by atoms with Gasteiger partial charge in [-0.2, -0.15) is 13.5 Å². The molecule has 1 aromatic rings. The highest BCUT2D eigenvalue weighted by molar-refractivity contribution is 7.79. The van der Waals surface area contributed by atoms with Crippen molar-refractivity contribution in [2.24, 2.45) is 0 Å². The molecule has 3 N–H and O–H groups in total. The van der Waals surface area contributed by atoms with Crippen molar-refractivity contribution < 1.29 is 17.5 Å². The third kappa shape index (κ3) is 18.8. The fourth-order valence-electron chi connectivity index (χ4n) is 1.28. The highest BCUT2D eigenvalue weighted by Crippen LogP contribution is 2.15. The van der Waals surface area contributed by atoms with E-state index in [4.69, 9.17) is 17.5 Å². The summed E-state index contributed by atoms with van der Waals surface area (Å²) < 4.78 is 31.6. The van der Waals surface area contributed by atoms with E-state index in [1.165, 1.54) is 38.5 Å². The van der Waals surface area contributed by atoms with Gasteiger partial charge in [0.25, 0.3) is 0 Å². The van der Waals surface area contributed by atoms with Gasteiger partial charge in [-0.05, 0) is 6.07 Å². The van der Waals surface area contributed by atoms with Crippen molar-refractivity contribution in [2.75, 3.05) is 0 Å². The second-order valence-corrected chi connectivity index (χ2v) is 4.23. The third-order valence-corrected chi connectivity index (χ3v) is 1.91. The predicted octanol–water partition coefficient (Wildman–Crippen LogP) is 2.10. The normalized spacial score (nSPS) is 15.1. The lowest BCUT2D eigenvalue weighted by Crippen LogP contribution is -1.89. The molecule has 0 spiro atoms. The zero-order chi connectivity index (χ0) is 12.3. The minimum Gasteiger partial charge on any atom is -0.286 e. The Kier molecular flexibility index (Phi) is 8.78. The van der Waals surface area contributed by atoms with Crippen LogP contribution in [0.1, 0.15) is 38.5 Å². The summed E-state index contributed by atoms with van der Waals surface area (Å²) in [6.45, 7) is 0. The van der Waals surface area contributed by atoms with Gasteiger partial charge in [-0.25, -0.2) is 0 Å². The Balaban J connectivity index is 0.000000213. The molecular weight excluding hydrogens is 232 g/mol. The molecule has 1 aromatic heterocycles. The van der Waals surface area contributed by atoms with Crippen molar-refractivity contribution in [2.45, 2.75) is 38.5 Å². The van der Waals surface area contributed by atoms with Crippen LogP contribution in [0.4, 0.5) is 0 Å². The summed E-state index contributed by atoms with van der Waals surface area (Å²) >= 11 is 0. The van der Waals surface area contributed by atoms with Crippen LogP contribution in [0.2, 0.25) is 0 Å². The maximum atomic E-state index is 8.74. The first-order valence-electron chi connectivity index (χ1n) is 5.14. The lowest BCUT2D eigenvalue weighted by atomic mass is 10.0. The molecule has 6 nitrogen and oxygen atoms in total. The molecule has 7 heteroatoms. The zero-order valence-corrected chi connectivity index (χ0v) is 9.86. The van der Waals surface area contributed by atoms with Crippen LogP contribution in [0.15, 0.2) is 18.5 Å². The minimum absolute atomic E-state index is 1.50. The summed E-state index contributed by atoms with van der Waals surface area (Å²) in [5.41, 5.74) is 0. The second kappa shape index (κ2) is 9.32. The van der Waals surface area contributed by atoms with Crippen LogP contribution >= 0.6 is 0 Å². The molecule has 0 bridgehead atoms. The first-order chi connectivity index (χ1) is 7.50.